The number of rotatable bonds is 5. The van der Waals surface area contributed by atoms with Gasteiger partial charge in [-0.05, 0) is 37.7 Å². The molecule has 0 radical (unpaired) electrons. The molecule has 0 aliphatic rings. The molecule has 0 aliphatic heterocycles. The maximum Gasteiger partial charge on any atom is 0.251 e. The molecule has 4 N–H and O–H groups in total. The third-order valence-corrected chi connectivity index (χ3v) is 2.76. The van der Waals surface area contributed by atoms with E-state index in [1.165, 1.54) is 12.1 Å². The van der Waals surface area contributed by atoms with Crippen molar-refractivity contribution in [3.63, 3.8) is 0 Å². The highest BCUT2D eigenvalue weighted by molar-refractivity contribution is 5.95. The molecule has 0 aliphatic carbocycles. The lowest BCUT2D eigenvalue weighted by Crippen LogP contribution is -2.39. The van der Waals surface area contributed by atoms with Crippen LogP contribution in [0, 0.1) is 5.41 Å². The monoisotopic (exact) mass is 265 g/mol. The zero-order chi connectivity index (χ0) is 14.6. The van der Waals surface area contributed by atoms with Gasteiger partial charge in [0, 0.05) is 18.7 Å². The standard InChI is InChI=1S/C14H23N3O2/c1-14(2,9-17(3)4)8-16-13(19)10-5-6-11(15)12(18)7-10/h5-7,18H,8-9,15H2,1-4H3,(H,16,19). The molecule has 0 fully saturated rings. The summed E-state index contributed by atoms with van der Waals surface area (Å²) in [5.74, 6) is -0.276. The Hall–Kier alpha value is -1.75. The molecule has 0 unspecified atom stereocenters. The van der Waals surface area contributed by atoms with Crippen LogP contribution in [-0.2, 0) is 0 Å². The predicted octanol–water partition coefficient (Wildman–Crippen LogP) is 1.29. The fourth-order valence-corrected chi connectivity index (χ4v) is 2.02. The molecular weight excluding hydrogens is 242 g/mol. The lowest BCUT2D eigenvalue weighted by Gasteiger charge is -2.28. The lowest BCUT2D eigenvalue weighted by atomic mass is 9.93. The van der Waals surface area contributed by atoms with E-state index >= 15 is 0 Å². The summed E-state index contributed by atoms with van der Waals surface area (Å²) in [6, 6.07) is 4.50. The van der Waals surface area contributed by atoms with Crippen molar-refractivity contribution in [1.29, 1.82) is 0 Å². The van der Waals surface area contributed by atoms with Gasteiger partial charge in [-0.3, -0.25) is 4.79 Å². The Morgan fingerprint density at radius 3 is 2.58 bits per heavy atom. The summed E-state index contributed by atoms with van der Waals surface area (Å²) in [6.45, 7) is 5.62. The minimum Gasteiger partial charge on any atom is -0.506 e. The first kappa shape index (κ1) is 15.3. The topological polar surface area (TPSA) is 78.6 Å². The zero-order valence-electron chi connectivity index (χ0n) is 12.0. The minimum atomic E-state index is -0.206. The van der Waals surface area contributed by atoms with Gasteiger partial charge in [-0.15, -0.1) is 0 Å². The molecule has 5 heteroatoms. The number of anilines is 1. The van der Waals surface area contributed by atoms with Gasteiger partial charge in [0.25, 0.3) is 5.91 Å². The highest BCUT2D eigenvalue weighted by atomic mass is 16.3. The van der Waals surface area contributed by atoms with Gasteiger partial charge in [-0.1, -0.05) is 13.8 Å². The van der Waals surface area contributed by atoms with Gasteiger partial charge in [0.05, 0.1) is 5.69 Å². The van der Waals surface area contributed by atoms with Crippen LogP contribution in [-0.4, -0.2) is 43.1 Å². The number of nitrogens with two attached hydrogens (primary N) is 1. The number of carbonyl (C=O) groups excluding carboxylic acids is 1. The van der Waals surface area contributed by atoms with E-state index in [1.54, 1.807) is 6.07 Å². The first-order valence-electron chi connectivity index (χ1n) is 6.23. The van der Waals surface area contributed by atoms with Crippen LogP contribution in [0.2, 0.25) is 0 Å². The molecule has 1 aromatic carbocycles. The molecule has 1 aromatic rings. The molecule has 0 aromatic heterocycles. The van der Waals surface area contributed by atoms with Crippen molar-refractivity contribution in [2.24, 2.45) is 5.41 Å². The average Bonchev–Trinajstić information content (AvgIpc) is 2.28. The molecule has 19 heavy (non-hydrogen) atoms. The van der Waals surface area contributed by atoms with E-state index < -0.39 is 0 Å². The van der Waals surface area contributed by atoms with Crippen molar-refractivity contribution < 1.29 is 9.90 Å². The van der Waals surface area contributed by atoms with Crippen molar-refractivity contribution in [2.75, 3.05) is 32.9 Å². The number of phenols is 1. The van der Waals surface area contributed by atoms with E-state index in [4.69, 9.17) is 5.73 Å². The molecule has 0 spiro atoms. The van der Waals surface area contributed by atoms with Gasteiger partial charge in [0.2, 0.25) is 0 Å². The summed E-state index contributed by atoms with van der Waals surface area (Å²) in [6.07, 6.45) is 0. The number of amides is 1. The lowest BCUT2D eigenvalue weighted by molar-refractivity contribution is 0.0929. The normalized spacial score (nSPS) is 11.6. The summed E-state index contributed by atoms with van der Waals surface area (Å²) in [7, 11) is 4.00. The van der Waals surface area contributed by atoms with Gasteiger partial charge >= 0.3 is 0 Å². The van der Waals surface area contributed by atoms with Gasteiger partial charge in [0.1, 0.15) is 5.75 Å². The summed E-state index contributed by atoms with van der Waals surface area (Å²) < 4.78 is 0. The second-order valence-corrected chi connectivity index (χ2v) is 5.86. The van der Waals surface area contributed by atoms with Crippen LogP contribution in [0.1, 0.15) is 24.2 Å². The van der Waals surface area contributed by atoms with Crippen molar-refractivity contribution in [2.45, 2.75) is 13.8 Å². The number of phenolic OH excluding ortho intramolecular Hbond substituents is 1. The molecule has 0 saturated carbocycles. The third kappa shape index (κ3) is 4.79. The molecule has 5 nitrogen and oxygen atoms in total. The van der Waals surface area contributed by atoms with Crippen molar-refractivity contribution in [1.82, 2.24) is 10.2 Å². The number of nitrogens with zero attached hydrogens (tertiary/aromatic N) is 1. The molecule has 1 amide bonds. The van der Waals surface area contributed by atoms with E-state index in [2.05, 4.69) is 24.1 Å². The smallest absolute Gasteiger partial charge is 0.251 e. The fraction of sp³-hybridized carbons (Fsp3) is 0.500. The average molecular weight is 265 g/mol. The Kier molecular flexibility index (Phi) is 4.78. The summed E-state index contributed by atoms with van der Waals surface area (Å²) in [4.78, 5) is 14.0. The highest BCUT2D eigenvalue weighted by Crippen LogP contribution is 2.21. The maximum absolute atomic E-state index is 12.0. The van der Waals surface area contributed by atoms with E-state index in [1.807, 2.05) is 14.1 Å². The minimum absolute atomic E-state index is 0.0188. The molecule has 0 bridgehead atoms. The van der Waals surface area contributed by atoms with Crippen LogP contribution < -0.4 is 11.1 Å². The molecule has 106 valence electrons. The SMILES string of the molecule is CN(C)CC(C)(C)CNC(=O)c1ccc(N)c(O)c1. The Morgan fingerprint density at radius 2 is 2.05 bits per heavy atom. The predicted molar refractivity (Wildman–Crippen MR) is 77.2 cm³/mol. The Labute approximate surface area is 114 Å². The number of hydrogen-bond acceptors (Lipinski definition) is 4. The van der Waals surface area contributed by atoms with Crippen molar-refractivity contribution >= 4 is 11.6 Å². The number of aromatic hydroxyl groups is 1. The van der Waals surface area contributed by atoms with E-state index in [9.17, 15) is 9.90 Å². The van der Waals surface area contributed by atoms with E-state index in [-0.39, 0.29) is 22.8 Å². The van der Waals surface area contributed by atoms with Crippen molar-refractivity contribution in [3.05, 3.63) is 23.8 Å². The van der Waals surface area contributed by atoms with Crippen LogP contribution in [0.3, 0.4) is 0 Å². The van der Waals surface area contributed by atoms with Gasteiger partial charge in [-0.2, -0.15) is 0 Å². The maximum atomic E-state index is 12.0. The highest BCUT2D eigenvalue weighted by Gasteiger charge is 2.20. The second-order valence-electron chi connectivity index (χ2n) is 5.86. The summed E-state index contributed by atoms with van der Waals surface area (Å²) in [5.41, 5.74) is 6.16. The van der Waals surface area contributed by atoms with Crippen LogP contribution in [0.4, 0.5) is 5.69 Å². The number of hydrogen-bond donors (Lipinski definition) is 3. The van der Waals surface area contributed by atoms with Gasteiger partial charge in [0.15, 0.2) is 0 Å². The van der Waals surface area contributed by atoms with Crippen LogP contribution in [0.15, 0.2) is 18.2 Å². The summed E-state index contributed by atoms with van der Waals surface area (Å²) >= 11 is 0. The molecule has 1 rings (SSSR count). The Balaban J connectivity index is 2.62. The first-order valence-corrected chi connectivity index (χ1v) is 6.23. The van der Waals surface area contributed by atoms with E-state index in [0.29, 0.717) is 12.1 Å². The first-order chi connectivity index (χ1) is 8.71. The van der Waals surface area contributed by atoms with E-state index in [0.717, 1.165) is 6.54 Å². The van der Waals surface area contributed by atoms with Crippen LogP contribution >= 0.6 is 0 Å². The molecular formula is C14H23N3O2. The molecule has 0 atom stereocenters. The second kappa shape index (κ2) is 5.93. The molecule has 0 heterocycles. The fourth-order valence-electron chi connectivity index (χ4n) is 2.02. The molecule has 0 saturated heterocycles. The summed E-state index contributed by atoms with van der Waals surface area (Å²) in [5, 5.41) is 12.4. The Bertz CT molecular complexity index is 456. The third-order valence-electron chi connectivity index (χ3n) is 2.76. The zero-order valence-corrected chi connectivity index (χ0v) is 12.0. The number of nitrogens with one attached hydrogen (secondary N) is 1. The number of benzene rings is 1. The van der Waals surface area contributed by atoms with Crippen LogP contribution in [0.25, 0.3) is 0 Å². The van der Waals surface area contributed by atoms with Crippen LogP contribution in [0.5, 0.6) is 5.75 Å². The van der Waals surface area contributed by atoms with Gasteiger partial charge < -0.3 is 21.1 Å². The van der Waals surface area contributed by atoms with Gasteiger partial charge in [-0.25, -0.2) is 0 Å². The number of carbonyl (C=O) groups is 1. The number of nitrogen functional groups attached to an aromatic ring is 1. The largest absolute Gasteiger partial charge is 0.506 e. The van der Waals surface area contributed by atoms with Crippen molar-refractivity contribution in [3.8, 4) is 5.75 Å². The quantitative estimate of drug-likeness (QED) is 0.554. The Morgan fingerprint density at radius 1 is 1.42 bits per heavy atom.